The Bertz CT molecular complexity index is 126. The first-order valence-electron chi connectivity index (χ1n) is 2.74. The molecule has 1 aromatic rings. The van der Waals surface area contributed by atoms with Gasteiger partial charge in [0.1, 0.15) is 0 Å². The molecule has 1 heterocycles. The van der Waals surface area contributed by atoms with Crippen LogP contribution >= 0.6 is 11.3 Å². The Balaban J connectivity index is 0.000000187. The van der Waals surface area contributed by atoms with E-state index < -0.39 is 0 Å². The van der Waals surface area contributed by atoms with Crippen LogP contribution in [0.2, 0.25) is 0 Å². The zero-order valence-corrected chi connectivity index (χ0v) is 6.83. The Morgan fingerprint density at radius 2 is 2.11 bits per heavy atom. The molecule has 1 aromatic heterocycles. The average molecular weight is 144 g/mol. The van der Waals surface area contributed by atoms with Crippen LogP contribution < -0.4 is 5.32 Å². The molecule has 1 rings (SSSR count). The van der Waals surface area contributed by atoms with E-state index in [-0.39, 0.29) is 0 Å². The van der Waals surface area contributed by atoms with Gasteiger partial charge in [0.25, 0.3) is 0 Å². The topological polar surface area (TPSA) is 24.9 Å². The number of hydrogen-bond donors (Lipinski definition) is 1. The predicted molar refractivity (Wildman–Crippen MR) is 41.8 cm³/mol. The molecule has 0 unspecified atom stereocenters. The number of aromatic nitrogens is 1. The fraction of sp³-hybridized carbons (Fsp3) is 0.500. The van der Waals surface area contributed by atoms with Gasteiger partial charge in [-0.25, -0.2) is 0 Å². The zero-order valence-electron chi connectivity index (χ0n) is 6.01. The molecule has 1 N–H and O–H groups in total. The van der Waals surface area contributed by atoms with Crippen molar-refractivity contribution in [3.63, 3.8) is 0 Å². The standard InChI is InChI=1S/C4H5NS.C2H7N/c1-4-2-6-3-5-4;1-3-2/h2-3H,1H3;3H,1-2H3. The van der Waals surface area contributed by atoms with Gasteiger partial charge in [-0.2, -0.15) is 0 Å². The lowest BCUT2D eigenvalue weighted by molar-refractivity contribution is 1.02. The molecule has 0 amide bonds. The molecule has 0 fully saturated rings. The fourth-order valence-corrected chi connectivity index (χ4v) is 0.819. The summed E-state index contributed by atoms with van der Waals surface area (Å²) in [7, 11) is 3.75. The van der Waals surface area contributed by atoms with Crippen molar-refractivity contribution in [2.45, 2.75) is 6.92 Å². The largest absolute Gasteiger partial charge is 0.323 e. The van der Waals surface area contributed by atoms with Crippen molar-refractivity contribution in [1.82, 2.24) is 10.3 Å². The lowest BCUT2D eigenvalue weighted by atomic mass is 10.6. The summed E-state index contributed by atoms with van der Waals surface area (Å²) in [5.74, 6) is 0. The van der Waals surface area contributed by atoms with E-state index >= 15 is 0 Å². The SMILES string of the molecule is CNC.Cc1cscn1. The van der Waals surface area contributed by atoms with Gasteiger partial charge < -0.3 is 5.32 Å². The lowest BCUT2D eigenvalue weighted by Crippen LogP contribution is -1.89. The molecule has 0 saturated carbocycles. The Morgan fingerprint density at radius 3 is 2.22 bits per heavy atom. The summed E-state index contributed by atoms with van der Waals surface area (Å²) >= 11 is 1.63. The van der Waals surface area contributed by atoms with Gasteiger partial charge in [0.15, 0.2) is 0 Å². The molecular formula is C6H12N2S. The molecular weight excluding hydrogens is 132 g/mol. The Kier molecular flexibility index (Phi) is 5.46. The second-order valence-electron chi connectivity index (χ2n) is 1.63. The van der Waals surface area contributed by atoms with Gasteiger partial charge in [0, 0.05) is 11.1 Å². The Morgan fingerprint density at radius 1 is 1.56 bits per heavy atom. The van der Waals surface area contributed by atoms with Crippen LogP contribution in [0.1, 0.15) is 5.69 Å². The van der Waals surface area contributed by atoms with Crippen LogP contribution in [0, 0.1) is 6.92 Å². The van der Waals surface area contributed by atoms with Crippen LogP contribution in [-0.4, -0.2) is 19.1 Å². The maximum Gasteiger partial charge on any atom is 0.0794 e. The van der Waals surface area contributed by atoms with Crippen molar-refractivity contribution < 1.29 is 0 Å². The highest BCUT2D eigenvalue weighted by Crippen LogP contribution is 1.95. The number of thiazole rings is 1. The van der Waals surface area contributed by atoms with Crippen LogP contribution in [0.25, 0.3) is 0 Å². The van der Waals surface area contributed by atoms with Gasteiger partial charge in [0.05, 0.1) is 5.51 Å². The summed E-state index contributed by atoms with van der Waals surface area (Å²) in [5, 5.41) is 4.76. The molecule has 0 aliphatic carbocycles. The van der Waals surface area contributed by atoms with Gasteiger partial charge in [0.2, 0.25) is 0 Å². The lowest BCUT2D eigenvalue weighted by Gasteiger charge is -1.64. The van der Waals surface area contributed by atoms with Crippen molar-refractivity contribution in [2.24, 2.45) is 0 Å². The third-order valence-corrected chi connectivity index (χ3v) is 1.26. The molecule has 52 valence electrons. The van der Waals surface area contributed by atoms with Gasteiger partial charge in [-0.1, -0.05) is 0 Å². The highest BCUT2D eigenvalue weighted by atomic mass is 32.1. The highest BCUT2D eigenvalue weighted by molar-refractivity contribution is 7.07. The van der Waals surface area contributed by atoms with E-state index in [1.54, 1.807) is 11.3 Å². The van der Waals surface area contributed by atoms with Crippen molar-refractivity contribution in [1.29, 1.82) is 0 Å². The van der Waals surface area contributed by atoms with Crippen molar-refractivity contribution in [2.75, 3.05) is 14.1 Å². The van der Waals surface area contributed by atoms with Crippen molar-refractivity contribution >= 4 is 11.3 Å². The fourth-order valence-electron chi connectivity index (χ4n) is 0.273. The third kappa shape index (κ3) is 5.46. The average Bonchev–Trinajstić information content (AvgIpc) is 2.20. The minimum absolute atomic E-state index is 1.11. The van der Waals surface area contributed by atoms with Gasteiger partial charge in [-0.15, -0.1) is 11.3 Å². The Labute approximate surface area is 59.9 Å². The molecule has 2 nitrogen and oxygen atoms in total. The van der Waals surface area contributed by atoms with E-state index in [0.29, 0.717) is 0 Å². The quantitative estimate of drug-likeness (QED) is 0.593. The molecule has 0 spiro atoms. The van der Waals surface area contributed by atoms with Gasteiger partial charge in [-0.05, 0) is 21.0 Å². The first-order valence-corrected chi connectivity index (χ1v) is 3.68. The van der Waals surface area contributed by atoms with Gasteiger partial charge >= 0.3 is 0 Å². The molecule has 0 radical (unpaired) electrons. The van der Waals surface area contributed by atoms with Crippen molar-refractivity contribution in [3.8, 4) is 0 Å². The summed E-state index contributed by atoms with van der Waals surface area (Å²) in [4.78, 5) is 3.94. The van der Waals surface area contributed by atoms with Crippen LogP contribution in [0.5, 0.6) is 0 Å². The first kappa shape index (κ1) is 8.59. The molecule has 0 aromatic carbocycles. The molecule has 0 aliphatic heterocycles. The summed E-state index contributed by atoms with van der Waals surface area (Å²) in [6.45, 7) is 1.98. The summed E-state index contributed by atoms with van der Waals surface area (Å²) < 4.78 is 0. The molecule has 0 atom stereocenters. The van der Waals surface area contributed by atoms with E-state index in [4.69, 9.17) is 0 Å². The second-order valence-corrected chi connectivity index (χ2v) is 2.35. The normalized spacial score (nSPS) is 7.89. The van der Waals surface area contributed by atoms with E-state index in [2.05, 4.69) is 10.3 Å². The summed E-state index contributed by atoms with van der Waals surface area (Å²) in [6, 6.07) is 0. The van der Waals surface area contributed by atoms with E-state index in [1.807, 2.05) is 31.9 Å². The minimum atomic E-state index is 1.11. The predicted octanol–water partition coefficient (Wildman–Crippen LogP) is 1.29. The van der Waals surface area contributed by atoms with Crippen LogP contribution in [0.4, 0.5) is 0 Å². The van der Waals surface area contributed by atoms with Gasteiger partial charge in [-0.3, -0.25) is 4.98 Å². The monoisotopic (exact) mass is 144 g/mol. The van der Waals surface area contributed by atoms with E-state index in [9.17, 15) is 0 Å². The van der Waals surface area contributed by atoms with Crippen LogP contribution in [-0.2, 0) is 0 Å². The smallest absolute Gasteiger partial charge is 0.0794 e. The van der Waals surface area contributed by atoms with Crippen LogP contribution in [0.3, 0.4) is 0 Å². The van der Waals surface area contributed by atoms with Crippen molar-refractivity contribution in [3.05, 3.63) is 16.6 Å². The number of aryl methyl sites for hydroxylation is 1. The Hall–Kier alpha value is -0.410. The molecule has 0 aliphatic rings. The first-order chi connectivity index (χ1) is 4.31. The van der Waals surface area contributed by atoms with E-state index in [0.717, 1.165) is 5.69 Å². The molecule has 0 saturated heterocycles. The highest BCUT2D eigenvalue weighted by Gasteiger charge is 1.76. The molecule has 0 bridgehead atoms. The van der Waals surface area contributed by atoms with Crippen LogP contribution in [0.15, 0.2) is 10.9 Å². The number of hydrogen-bond acceptors (Lipinski definition) is 3. The second kappa shape index (κ2) is 5.72. The zero-order chi connectivity index (χ0) is 7.11. The van der Waals surface area contributed by atoms with E-state index in [1.165, 1.54) is 0 Å². The maximum absolute atomic E-state index is 3.94. The number of rotatable bonds is 0. The number of nitrogens with one attached hydrogen (secondary N) is 1. The minimum Gasteiger partial charge on any atom is -0.323 e. The molecule has 9 heavy (non-hydrogen) atoms. The molecule has 3 heteroatoms. The third-order valence-electron chi connectivity index (χ3n) is 0.556. The summed E-state index contributed by atoms with van der Waals surface area (Å²) in [5.41, 5.74) is 2.94. The number of nitrogens with zero attached hydrogens (tertiary/aromatic N) is 1. The maximum atomic E-state index is 3.94. The summed E-state index contributed by atoms with van der Waals surface area (Å²) in [6.07, 6.45) is 0.